The van der Waals surface area contributed by atoms with Crippen molar-refractivity contribution in [2.24, 2.45) is 0 Å². The molecule has 0 aliphatic carbocycles. The summed E-state index contributed by atoms with van der Waals surface area (Å²) >= 11 is 3.11. The van der Waals surface area contributed by atoms with E-state index in [1.54, 1.807) is 0 Å². The van der Waals surface area contributed by atoms with Crippen molar-refractivity contribution in [1.29, 1.82) is 0 Å². The van der Waals surface area contributed by atoms with E-state index < -0.39 is 0 Å². The average molecular weight is 170 g/mol. The van der Waals surface area contributed by atoms with Gasteiger partial charge in [0.25, 0.3) is 0 Å². The molecule has 0 aromatic rings. The van der Waals surface area contributed by atoms with Gasteiger partial charge in [0.15, 0.2) is 5.62 Å². The van der Waals surface area contributed by atoms with Gasteiger partial charge >= 0.3 is 0 Å². The van der Waals surface area contributed by atoms with Crippen LogP contribution in [0.4, 0.5) is 0 Å². The smallest absolute Gasteiger partial charge is 0.173 e. The zero-order valence-corrected chi connectivity index (χ0v) is 4.11. The minimum Gasteiger partial charge on any atom is -0.291 e. The Kier molecular flexibility index (Phi) is 20.4. The molecule has 0 N–H and O–H groups in total. The molecule has 3 heteroatoms. The van der Waals surface area contributed by atoms with Crippen LogP contribution >= 0.6 is 12.6 Å². The predicted molar refractivity (Wildman–Crippen MR) is 15.7 cm³/mol. The number of thiol groups is 1. The summed E-state index contributed by atoms with van der Waals surface area (Å²) in [5, 5.41) is 0. The molecule has 0 saturated carbocycles. The van der Waals surface area contributed by atoms with Gasteiger partial charge in [0.05, 0.1) is 0 Å². The second-order valence-corrected chi connectivity index (χ2v) is 0.316. The minimum atomic E-state index is 0. The summed E-state index contributed by atoms with van der Waals surface area (Å²) in [6, 6.07) is 0. The maximum atomic E-state index is 8.67. The van der Waals surface area contributed by atoms with Crippen LogP contribution in [0.15, 0.2) is 0 Å². The molecule has 0 aromatic carbocycles. The van der Waals surface area contributed by atoms with Gasteiger partial charge in [-0.3, -0.25) is 4.79 Å². The number of rotatable bonds is 0. The maximum absolute atomic E-state index is 8.67. The first-order valence-corrected chi connectivity index (χ1v) is 1.01. The summed E-state index contributed by atoms with van der Waals surface area (Å²) < 4.78 is 0. The van der Waals surface area contributed by atoms with Gasteiger partial charge in [-0.05, 0) is 0 Å². The van der Waals surface area contributed by atoms with Crippen molar-refractivity contribution in [3.63, 3.8) is 0 Å². The molecular formula is CH2AgOS. The maximum Gasteiger partial charge on any atom is 0.173 e. The van der Waals surface area contributed by atoms with E-state index in [4.69, 9.17) is 4.79 Å². The molecule has 0 saturated heterocycles. The van der Waals surface area contributed by atoms with Gasteiger partial charge in [0.1, 0.15) is 0 Å². The molecule has 0 aliphatic rings. The summed E-state index contributed by atoms with van der Waals surface area (Å²) in [4.78, 5) is 8.67. The zero-order chi connectivity index (χ0) is 2.71. The first-order chi connectivity index (χ1) is 1.41. The third kappa shape index (κ3) is 14.8. The standard InChI is InChI=1S/CH2OS.Ag/c2-1-3;/h1H,(H,2,3);. The molecule has 29 valence electrons. The molecule has 0 unspecified atom stereocenters. The third-order valence-electron chi connectivity index (χ3n) is 0. The van der Waals surface area contributed by atoms with Crippen molar-refractivity contribution in [3.05, 3.63) is 0 Å². The van der Waals surface area contributed by atoms with Crippen LogP contribution in [0.2, 0.25) is 0 Å². The number of hydrogen-bond donors (Lipinski definition) is 1. The molecule has 0 rings (SSSR count). The van der Waals surface area contributed by atoms with Crippen LogP contribution in [-0.4, -0.2) is 5.62 Å². The fourth-order valence-electron chi connectivity index (χ4n) is 0. The molecule has 0 atom stereocenters. The zero-order valence-electron chi connectivity index (χ0n) is 1.73. The van der Waals surface area contributed by atoms with Crippen molar-refractivity contribution >= 4 is 18.2 Å². The number of carbonyl (C=O) groups is 1. The fourth-order valence-corrected chi connectivity index (χ4v) is 0. The van der Waals surface area contributed by atoms with Crippen molar-refractivity contribution in [2.45, 2.75) is 0 Å². The fraction of sp³-hybridized carbons (Fsp3) is 0. The van der Waals surface area contributed by atoms with Crippen molar-refractivity contribution in [2.75, 3.05) is 0 Å². The van der Waals surface area contributed by atoms with E-state index in [0.717, 1.165) is 0 Å². The Morgan fingerprint density at radius 3 is 1.75 bits per heavy atom. The molecule has 0 fully saturated rings. The number of carbonyl (C=O) groups excluding carboxylic acids is 1. The van der Waals surface area contributed by atoms with Crippen LogP contribution in [0.1, 0.15) is 0 Å². The molecule has 0 heterocycles. The van der Waals surface area contributed by atoms with Gasteiger partial charge in [-0.25, -0.2) is 0 Å². The molecular weight excluding hydrogens is 168 g/mol. The Labute approximate surface area is 45.7 Å². The van der Waals surface area contributed by atoms with E-state index in [0.29, 0.717) is 5.62 Å². The quantitative estimate of drug-likeness (QED) is 0.310. The molecule has 1 radical (unpaired) electrons. The average Bonchev–Trinajstić information content (AvgIpc) is 0.918. The predicted octanol–water partition coefficient (Wildman–Crippen LogP) is 0.104. The normalized spacial score (nSPS) is 3.25. The van der Waals surface area contributed by atoms with E-state index in [1.807, 2.05) is 0 Å². The van der Waals surface area contributed by atoms with E-state index >= 15 is 0 Å². The van der Waals surface area contributed by atoms with E-state index in [-0.39, 0.29) is 22.4 Å². The van der Waals surface area contributed by atoms with Gasteiger partial charge in [-0.1, -0.05) is 0 Å². The Bertz CT molecular complexity index is 15.5. The Morgan fingerprint density at radius 2 is 1.75 bits per heavy atom. The van der Waals surface area contributed by atoms with E-state index in [1.165, 1.54) is 0 Å². The van der Waals surface area contributed by atoms with Gasteiger partial charge < -0.3 is 0 Å². The SMILES string of the molecule is O=CS.[Ag]. The molecule has 0 aliphatic heterocycles. The Hall–Kier alpha value is 0.760. The van der Waals surface area contributed by atoms with Crippen molar-refractivity contribution < 1.29 is 27.2 Å². The molecule has 0 aromatic heterocycles. The monoisotopic (exact) mass is 169 g/mol. The van der Waals surface area contributed by atoms with Crippen LogP contribution in [0.3, 0.4) is 0 Å². The van der Waals surface area contributed by atoms with Crippen molar-refractivity contribution in [3.8, 4) is 0 Å². The first-order valence-electron chi connectivity index (χ1n) is 0.494. The molecule has 0 spiro atoms. The third-order valence-corrected chi connectivity index (χ3v) is 0. The van der Waals surface area contributed by atoms with Crippen LogP contribution in [0.25, 0.3) is 0 Å². The minimum absolute atomic E-state index is 0. The second-order valence-electron chi connectivity index (χ2n) is 0.105. The number of hydrogen-bond acceptors (Lipinski definition) is 1. The summed E-state index contributed by atoms with van der Waals surface area (Å²) in [6.07, 6.45) is 0. The van der Waals surface area contributed by atoms with Gasteiger partial charge in [-0.2, -0.15) is 0 Å². The van der Waals surface area contributed by atoms with Crippen LogP contribution in [0, 0.1) is 0 Å². The molecule has 0 bridgehead atoms. The molecule has 1 nitrogen and oxygen atoms in total. The summed E-state index contributed by atoms with van der Waals surface area (Å²) in [5.41, 5.74) is 0.444. The van der Waals surface area contributed by atoms with Crippen LogP contribution in [0.5, 0.6) is 0 Å². The second kappa shape index (κ2) is 9.25. The Balaban J connectivity index is 0. The summed E-state index contributed by atoms with van der Waals surface area (Å²) in [6.45, 7) is 0. The van der Waals surface area contributed by atoms with Crippen LogP contribution < -0.4 is 0 Å². The van der Waals surface area contributed by atoms with E-state index in [2.05, 4.69) is 12.6 Å². The largest absolute Gasteiger partial charge is 0.291 e. The van der Waals surface area contributed by atoms with Gasteiger partial charge in [-0.15, -0.1) is 12.6 Å². The van der Waals surface area contributed by atoms with E-state index in [9.17, 15) is 0 Å². The summed E-state index contributed by atoms with van der Waals surface area (Å²) in [5.74, 6) is 0. The topological polar surface area (TPSA) is 17.1 Å². The van der Waals surface area contributed by atoms with Gasteiger partial charge in [0.2, 0.25) is 0 Å². The molecule has 4 heavy (non-hydrogen) atoms. The van der Waals surface area contributed by atoms with Gasteiger partial charge in [0, 0.05) is 22.4 Å². The summed E-state index contributed by atoms with van der Waals surface area (Å²) in [7, 11) is 0. The molecule has 0 amide bonds. The van der Waals surface area contributed by atoms with Crippen LogP contribution in [-0.2, 0) is 27.2 Å². The Morgan fingerprint density at radius 1 is 1.75 bits per heavy atom. The first kappa shape index (κ1) is 8.83. The van der Waals surface area contributed by atoms with Crippen molar-refractivity contribution in [1.82, 2.24) is 0 Å².